The third-order valence-corrected chi connectivity index (χ3v) is 5.88. The summed E-state index contributed by atoms with van der Waals surface area (Å²) in [6.07, 6.45) is 1.12. The lowest BCUT2D eigenvalue weighted by Gasteiger charge is -2.20. The van der Waals surface area contributed by atoms with Crippen molar-refractivity contribution in [3.63, 3.8) is 0 Å². The molecule has 0 spiro atoms. The lowest BCUT2D eigenvalue weighted by Crippen LogP contribution is -2.33. The van der Waals surface area contributed by atoms with Crippen LogP contribution >= 0.6 is 11.6 Å². The molecule has 202 valence electrons. The van der Waals surface area contributed by atoms with Crippen molar-refractivity contribution >= 4 is 23.6 Å². The van der Waals surface area contributed by atoms with Crippen LogP contribution in [0.25, 0.3) is 0 Å². The number of nitrogens with one attached hydrogen (secondary N) is 2. The van der Waals surface area contributed by atoms with Crippen LogP contribution in [0.4, 0.5) is 4.79 Å². The highest BCUT2D eigenvalue weighted by Gasteiger charge is 2.17. The first-order valence-electron chi connectivity index (χ1n) is 12.4. The molecule has 0 fully saturated rings. The molecule has 0 aliphatic rings. The smallest absolute Gasteiger partial charge is 0.407 e. The number of rotatable bonds is 10. The minimum atomic E-state index is -0.607. The van der Waals surface area contributed by atoms with Crippen molar-refractivity contribution in [1.82, 2.24) is 15.2 Å². The van der Waals surface area contributed by atoms with Crippen molar-refractivity contribution in [1.29, 1.82) is 0 Å². The Morgan fingerprint density at radius 2 is 1.68 bits per heavy atom. The van der Waals surface area contributed by atoms with Crippen LogP contribution in [0.2, 0.25) is 5.02 Å². The van der Waals surface area contributed by atoms with Crippen molar-refractivity contribution in [2.24, 2.45) is 0 Å². The van der Waals surface area contributed by atoms with Crippen LogP contribution in [0.1, 0.15) is 43.0 Å². The molecule has 0 unspecified atom stereocenters. The summed E-state index contributed by atoms with van der Waals surface area (Å²) in [6.45, 7) is 8.27. The minimum Gasteiger partial charge on any atom is -0.492 e. The van der Waals surface area contributed by atoms with E-state index in [2.05, 4.69) is 10.6 Å². The first kappa shape index (κ1) is 28.8. The molecule has 2 aromatic carbocycles. The van der Waals surface area contributed by atoms with Gasteiger partial charge in [0.15, 0.2) is 0 Å². The molecule has 1 heterocycles. The highest BCUT2D eigenvalue weighted by atomic mass is 35.5. The number of hydrogen-bond acceptors (Lipinski definition) is 5. The Morgan fingerprint density at radius 3 is 2.39 bits per heavy atom. The molecule has 3 rings (SSSR count). The molecule has 3 aromatic rings. The minimum absolute atomic E-state index is 0.0584. The van der Waals surface area contributed by atoms with Crippen LogP contribution in [-0.4, -0.2) is 28.8 Å². The van der Waals surface area contributed by atoms with Crippen molar-refractivity contribution in [3.05, 3.63) is 98.4 Å². The third-order valence-electron chi connectivity index (χ3n) is 5.65. The number of para-hydroxylation sites is 1. The second-order valence-corrected chi connectivity index (χ2v) is 10.3. The molecule has 0 atom stereocenters. The zero-order valence-electron chi connectivity index (χ0n) is 22.2. The number of carbonyl (C=O) groups excluding carboxylic acids is 2. The van der Waals surface area contributed by atoms with E-state index in [-0.39, 0.29) is 31.0 Å². The summed E-state index contributed by atoms with van der Waals surface area (Å²) in [5.74, 6) is 0.434. The number of benzene rings is 2. The number of amides is 2. The molecule has 0 aliphatic carbocycles. The molecule has 0 radical (unpaired) electrons. The predicted molar refractivity (Wildman–Crippen MR) is 147 cm³/mol. The second kappa shape index (κ2) is 13.1. The summed E-state index contributed by atoms with van der Waals surface area (Å²) in [5, 5.41) is 6.09. The number of aromatic nitrogens is 1. The monoisotopic (exact) mass is 539 g/mol. The first-order chi connectivity index (χ1) is 18.0. The Hall–Kier alpha value is -3.78. The number of aryl methyl sites for hydroxylation is 1. The molecule has 38 heavy (non-hydrogen) atoms. The largest absolute Gasteiger partial charge is 0.492 e. The average Bonchev–Trinajstić information content (AvgIpc) is 2.85. The molecule has 2 amide bonds. The van der Waals surface area contributed by atoms with Gasteiger partial charge in [0.2, 0.25) is 5.91 Å². The highest BCUT2D eigenvalue weighted by molar-refractivity contribution is 6.30. The summed E-state index contributed by atoms with van der Waals surface area (Å²) in [7, 11) is 0. The summed E-state index contributed by atoms with van der Waals surface area (Å²) < 4.78 is 12.5. The molecule has 1 aromatic heterocycles. The summed E-state index contributed by atoms with van der Waals surface area (Å²) in [6, 6.07) is 16.4. The third kappa shape index (κ3) is 8.95. The van der Waals surface area contributed by atoms with Gasteiger partial charge in [0.25, 0.3) is 5.56 Å². The van der Waals surface area contributed by atoms with Gasteiger partial charge >= 0.3 is 6.09 Å². The Kier molecular flexibility index (Phi) is 9.96. The SMILES string of the molecule is Cc1ccn(CCOc2ccccc2)c(=O)c1CC(=O)NCc1cc(Cl)ccc1CNC(=O)OC(C)(C)C. The normalized spacial score (nSPS) is 11.1. The zero-order valence-corrected chi connectivity index (χ0v) is 22.9. The van der Waals surface area contributed by atoms with E-state index in [0.29, 0.717) is 23.7 Å². The van der Waals surface area contributed by atoms with Crippen molar-refractivity contribution in [3.8, 4) is 5.75 Å². The molecule has 8 nitrogen and oxygen atoms in total. The highest BCUT2D eigenvalue weighted by Crippen LogP contribution is 2.17. The molecule has 0 saturated carbocycles. The number of halogens is 1. The Morgan fingerprint density at radius 1 is 0.974 bits per heavy atom. The van der Waals surface area contributed by atoms with Crippen molar-refractivity contribution in [2.45, 2.75) is 59.4 Å². The van der Waals surface area contributed by atoms with Crippen molar-refractivity contribution in [2.75, 3.05) is 6.61 Å². The maximum absolute atomic E-state index is 13.0. The van der Waals surface area contributed by atoms with Gasteiger partial charge in [0.05, 0.1) is 13.0 Å². The van der Waals surface area contributed by atoms with Gasteiger partial charge in [-0.15, -0.1) is 0 Å². The molecular formula is C29H34ClN3O5. The van der Waals surface area contributed by atoms with Gasteiger partial charge in [0.1, 0.15) is 18.0 Å². The van der Waals surface area contributed by atoms with Gasteiger partial charge in [-0.1, -0.05) is 35.9 Å². The quantitative estimate of drug-likeness (QED) is 0.386. The van der Waals surface area contributed by atoms with Gasteiger partial charge in [-0.3, -0.25) is 9.59 Å². The van der Waals surface area contributed by atoms with Crippen LogP contribution in [-0.2, 0) is 35.6 Å². The van der Waals surface area contributed by atoms with Gasteiger partial charge < -0.3 is 24.7 Å². The van der Waals surface area contributed by atoms with Crippen LogP contribution in [0.3, 0.4) is 0 Å². The Labute approximate surface area is 227 Å². The maximum Gasteiger partial charge on any atom is 0.407 e. The van der Waals surface area contributed by atoms with E-state index in [4.69, 9.17) is 21.1 Å². The van der Waals surface area contributed by atoms with Crippen LogP contribution in [0, 0.1) is 6.92 Å². The molecule has 0 bridgehead atoms. The lowest BCUT2D eigenvalue weighted by molar-refractivity contribution is -0.120. The standard InChI is InChI=1S/C29H34ClN3O5/c1-20-12-13-33(14-15-37-24-8-6-5-7-9-24)27(35)25(20)17-26(34)31-19-22-16-23(30)11-10-21(22)18-32-28(36)38-29(2,3)4/h5-13,16H,14-15,17-19H2,1-4H3,(H,31,34)(H,32,36). The first-order valence-corrected chi connectivity index (χ1v) is 12.8. The Balaban J connectivity index is 1.60. The van der Waals surface area contributed by atoms with E-state index in [9.17, 15) is 14.4 Å². The topological polar surface area (TPSA) is 98.7 Å². The number of ether oxygens (including phenoxy) is 2. The van der Waals surface area contributed by atoms with E-state index >= 15 is 0 Å². The lowest BCUT2D eigenvalue weighted by atomic mass is 10.1. The van der Waals surface area contributed by atoms with Gasteiger partial charge in [0, 0.05) is 29.9 Å². The zero-order chi connectivity index (χ0) is 27.7. The molecule has 2 N–H and O–H groups in total. The summed E-state index contributed by atoms with van der Waals surface area (Å²) in [4.78, 5) is 37.9. The van der Waals surface area contributed by atoms with Crippen LogP contribution in [0.15, 0.2) is 65.6 Å². The van der Waals surface area contributed by atoms with Gasteiger partial charge in [-0.05, 0) is 74.7 Å². The molecule has 0 saturated heterocycles. The summed E-state index contributed by atoms with van der Waals surface area (Å²) >= 11 is 6.17. The van der Waals surface area contributed by atoms with E-state index in [1.807, 2.05) is 43.3 Å². The number of pyridine rings is 1. The average molecular weight is 540 g/mol. The van der Waals surface area contributed by atoms with Crippen LogP contribution < -0.4 is 20.9 Å². The number of nitrogens with zero attached hydrogens (tertiary/aromatic N) is 1. The fourth-order valence-corrected chi connectivity index (χ4v) is 3.91. The molecular weight excluding hydrogens is 506 g/mol. The molecule has 9 heteroatoms. The molecule has 0 aliphatic heterocycles. The Bertz CT molecular complexity index is 1320. The predicted octanol–water partition coefficient (Wildman–Crippen LogP) is 4.77. The fourth-order valence-electron chi connectivity index (χ4n) is 3.71. The number of alkyl carbamates (subject to hydrolysis) is 1. The second-order valence-electron chi connectivity index (χ2n) is 9.86. The van der Waals surface area contributed by atoms with E-state index < -0.39 is 11.7 Å². The summed E-state index contributed by atoms with van der Waals surface area (Å²) in [5.41, 5.74) is 1.89. The maximum atomic E-state index is 13.0. The number of hydrogen-bond donors (Lipinski definition) is 2. The fraction of sp³-hybridized carbons (Fsp3) is 0.345. The van der Waals surface area contributed by atoms with E-state index in [1.54, 1.807) is 49.7 Å². The van der Waals surface area contributed by atoms with E-state index in [0.717, 1.165) is 22.4 Å². The van der Waals surface area contributed by atoms with Gasteiger partial charge in [-0.2, -0.15) is 0 Å². The number of carbonyl (C=O) groups is 2. The van der Waals surface area contributed by atoms with E-state index in [1.165, 1.54) is 0 Å². The van der Waals surface area contributed by atoms with Crippen molar-refractivity contribution < 1.29 is 19.1 Å². The van der Waals surface area contributed by atoms with Gasteiger partial charge in [-0.25, -0.2) is 4.79 Å². The van der Waals surface area contributed by atoms with Crippen LogP contribution in [0.5, 0.6) is 5.75 Å².